The van der Waals surface area contributed by atoms with E-state index in [-0.39, 0.29) is 11.8 Å². The van der Waals surface area contributed by atoms with Gasteiger partial charge in [-0.05, 0) is 50.2 Å². The molecule has 0 radical (unpaired) electrons. The van der Waals surface area contributed by atoms with Crippen LogP contribution in [0.25, 0.3) is 0 Å². The van der Waals surface area contributed by atoms with Gasteiger partial charge in [-0.3, -0.25) is 4.79 Å². The van der Waals surface area contributed by atoms with Gasteiger partial charge in [0.25, 0.3) is 5.91 Å². The molecule has 0 aliphatic rings. The Morgan fingerprint density at radius 3 is 2.57 bits per heavy atom. The Bertz CT molecular complexity index is 959. The first-order valence-corrected chi connectivity index (χ1v) is 8.86. The lowest BCUT2D eigenvalue weighted by molar-refractivity contribution is 0.102. The zero-order chi connectivity index (χ0) is 19.9. The minimum Gasteiger partial charge on any atom is -0.480 e. The van der Waals surface area contributed by atoms with Gasteiger partial charge in [-0.2, -0.15) is 4.98 Å². The van der Waals surface area contributed by atoms with Gasteiger partial charge in [0.05, 0.1) is 7.11 Å². The molecule has 0 aliphatic carbocycles. The number of aryl methyl sites for hydroxylation is 1. The minimum absolute atomic E-state index is 0.285. The summed E-state index contributed by atoms with van der Waals surface area (Å²) in [6, 6.07) is 12.6. The molecule has 0 fully saturated rings. The van der Waals surface area contributed by atoms with E-state index in [1.165, 1.54) is 7.11 Å². The van der Waals surface area contributed by atoms with E-state index in [0.717, 1.165) is 17.9 Å². The maximum atomic E-state index is 12.4. The lowest BCUT2D eigenvalue weighted by Crippen LogP contribution is -2.13. The number of amides is 1. The van der Waals surface area contributed by atoms with Crippen LogP contribution in [0.15, 0.2) is 48.7 Å². The van der Waals surface area contributed by atoms with E-state index in [1.807, 2.05) is 44.2 Å². The van der Waals surface area contributed by atoms with Crippen molar-refractivity contribution in [2.75, 3.05) is 29.6 Å². The molecule has 3 rings (SSSR count). The average molecular weight is 378 g/mol. The van der Waals surface area contributed by atoms with Crippen LogP contribution in [0.5, 0.6) is 5.88 Å². The highest BCUT2D eigenvalue weighted by Crippen LogP contribution is 2.21. The molecule has 2 aromatic heterocycles. The van der Waals surface area contributed by atoms with Gasteiger partial charge < -0.3 is 20.7 Å². The van der Waals surface area contributed by atoms with Crippen molar-refractivity contribution in [3.63, 3.8) is 0 Å². The molecular formula is C20H22N6O2. The topological polar surface area (TPSA) is 101 Å². The molecule has 2 heterocycles. The first kappa shape index (κ1) is 19.1. The molecule has 1 amide bonds. The number of methoxy groups -OCH3 is 1. The summed E-state index contributed by atoms with van der Waals surface area (Å²) in [5, 5.41) is 9.18. The van der Waals surface area contributed by atoms with E-state index >= 15 is 0 Å². The first-order valence-electron chi connectivity index (χ1n) is 8.86. The maximum absolute atomic E-state index is 12.4. The zero-order valence-corrected chi connectivity index (χ0v) is 16.0. The molecule has 0 saturated carbocycles. The van der Waals surface area contributed by atoms with Crippen LogP contribution in [0.1, 0.15) is 23.0 Å². The summed E-state index contributed by atoms with van der Waals surface area (Å²) in [4.78, 5) is 25.2. The van der Waals surface area contributed by atoms with E-state index in [0.29, 0.717) is 23.0 Å². The van der Waals surface area contributed by atoms with Gasteiger partial charge in [0.1, 0.15) is 11.4 Å². The third-order valence-corrected chi connectivity index (χ3v) is 3.81. The number of hydrogen-bond acceptors (Lipinski definition) is 7. The zero-order valence-electron chi connectivity index (χ0n) is 16.0. The standard InChI is InChI=1S/C20H22N6O2/c1-4-21-20-23-13(2)12-17(26-20)24-14-7-9-15(10-8-14)25-18(27)16-6-5-11-22-19(16)28-3/h5-12H,4H2,1-3H3,(H,25,27)(H2,21,23,24,26). The molecule has 0 bridgehead atoms. The molecule has 0 atom stereocenters. The number of benzene rings is 1. The Morgan fingerprint density at radius 2 is 1.86 bits per heavy atom. The molecule has 0 saturated heterocycles. The highest BCUT2D eigenvalue weighted by molar-refractivity contribution is 6.05. The van der Waals surface area contributed by atoms with Crippen molar-refractivity contribution in [3.8, 4) is 5.88 Å². The third-order valence-electron chi connectivity index (χ3n) is 3.81. The largest absolute Gasteiger partial charge is 0.480 e. The van der Waals surface area contributed by atoms with E-state index in [2.05, 4.69) is 30.9 Å². The molecule has 0 aliphatic heterocycles. The maximum Gasteiger partial charge on any atom is 0.261 e. The molecule has 28 heavy (non-hydrogen) atoms. The van der Waals surface area contributed by atoms with Crippen LogP contribution in [-0.4, -0.2) is 34.5 Å². The summed E-state index contributed by atoms with van der Waals surface area (Å²) in [7, 11) is 1.48. The molecule has 0 spiro atoms. The summed E-state index contributed by atoms with van der Waals surface area (Å²) < 4.78 is 5.13. The SMILES string of the molecule is CCNc1nc(C)cc(Nc2ccc(NC(=O)c3cccnc3OC)cc2)n1. The number of carbonyl (C=O) groups is 1. The normalized spacial score (nSPS) is 10.2. The number of anilines is 4. The highest BCUT2D eigenvalue weighted by Gasteiger charge is 2.13. The summed E-state index contributed by atoms with van der Waals surface area (Å²) >= 11 is 0. The Labute approximate surface area is 163 Å². The lowest BCUT2D eigenvalue weighted by Gasteiger charge is -2.11. The number of pyridine rings is 1. The summed E-state index contributed by atoms with van der Waals surface area (Å²) in [5.74, 6) is 1.28. The highest BCUT2D eigenvalue weighted by atomic mass is 16.5. The summed E-state index contributed by atoms with van der Waals surface area (Å²) in [6.07, 6.45) is 1.58. The predicted octanol–water partition coefficient (Wildman–Crippen LogP) is 3.62. The van der Waals surface area contributed by atoms with Gasteiger partial charge in [-0.1, -0.05) is 0 Å². The second-order valence-corrected chi connectivity index (χ2v) is 5.97. The number of aromatic nitrogens is 3. The number of ether oxygens (including phenoxy) is 1. The van der Waals surface area contributed by atoms with Gasteiger partial charge in [-0.15, -0.1) is 0 Å². The second kappa shape index (κ2) is 8.81. The molecule has 3 aromatic rings. The van der Waals surface area contributed by atoms with Gasteiger partial charge in [0.2, 0.25) is 11.8 Å². The van der Waals surface area contributed by atoms with Gasteiger partial charge in [0.15, 0.2) is 0 Å². The number of nitrogens with zero attached hydrogens (tertiary/aromatic N) is 3. The molecule has 1 aromatic carbocycles. The summed E-state index contributed by atoms with van der Waals surface area (Å²) in [5.41, 5.74) is 2.74. The van der Waals surface area contributed by atoms with E-state index < -0.39 is 0 Å². The van der Waals surface area contributed by atoms with Crippen LogP contribution >= 0.6 is 0 Å². The quantitative estimate of drug-likeness (QED) is 0.577. The molecule has 144 valence electrons. The van der Waals surface area contributed by atoms with Crippen molar-refractivity contribution in [2.45, 2.75) is 13.8 Å². The van der Waals surface area contributed by atoms with Gasteiger partial charge >= 0.3 is 0 Å². The Hall–Kier alpha value is -3.68. The van der Waals surface area contributed by atoms with E-state index in [9.17, 15) is 4.79 Å². The Balaban J connectivity index is 1.69. The van der Waals surface area contributed by atoms with Crippen molar-refractivity contribution >= 4 is 29.0 Å². The van der Waals surface area contributed by atoms with Gasteiger partial charge in [0, 0.05) is 35.9 Å². The van der Waals surface area contributed by atoms with E-state index in [1.54, 1.807) is 18.3 Å². The fourth-order valence-electron chi connectivity index (χ4n) is 2.58. The lowest BCUT2D eigenvalue weighted by atomic mass is 10.2. The number of nitrogens with one attached hydrogen (secondary N) is 3. The molecule has 8 heteroatoms. The monoisotopic (exact) mass is 378 g/mol. The first-order chi connectivity index (χ1) is 13.6. The average Bonchev–Trinajstić information content (AvgIpc) is 2.69. The van der Waals surface area contributed by atoms with Crippen LogP contribution in [0.3, 0.4) is 0 Å². The predicted molar refractivity (Wildman–Crippen MR) is 109 cm³/mol. The molecule has 8 nitrogen and oxygen atoms in total. The fourth-order valence-corrected chi connectivity index (χ4v) is 2.58. The Morgan fingerprint density at radius 1 is 1.11 bits per heavy atom. The van der Waals surface area contributed by atoms with E-state index in [4.69, 9.17) is 4.74 Å². The van der Waals surface area contributed by atoms with Crippen LogP contribution in [0, 0.1) is 6.92 Å². The van der Waals surface area contributed by atoms with Crippen molar-refractivity contribution < 1.29 is 9.53 Å². The molecular weight excluding hydrogens is 356 g/mol. The van der Waals surface area contributed by atoms with Crippen LogP contribution in [0.4, 0.5) is 23.1 Å². The van der Waals surface area contributed by atoms with Crippen LogP contribution < -0.4 is 20.7 Å². The minimum atomic E-state index is -0.285. The van der Waals surface area contributed by atoms with Crippen LogP contribution in [0.2, 0.25) is 0 Å². The number of carbonyl (C=O) groups excluding carboxylic acids is 1. The number of hydrogen-bond donors (Lipinski definition) is 3. The number of rotatable bonds is 7. The Kier molecular flexibility index (Phi) is 6.01. The van der Waals surface area contributed by atoms with Crippen molar-refractivity contribution in [1.29, 1.82) is 0 Å². The smallest absolute Gasteiger partial charge is 0.261 e. The third kappa shape index (κ3) is 4.73. The van der Waals surface area contributed by atoms with Gasteiger partial charge in [-0.25, -0.2) is 9.97 Å². The second-order valence-electron chi connectivity index (χ2n) is 5.97. The van der Waals surface area contributed by atoms with Crippen molar-refractivity contribution in [2.24, 2.45) is 0 Å². The molecule has 3 N–H and O–H groups in total. The fraction of sp³-hybridized carbons (Fsp3) is 0.200. The molecule has 0 unspecified atom stereocenters. The summed E-state index contributed by atoms with van der Waals surface area (Å²) in [6.45, 7) is 4.66. The van der Waals surface area contributed by atoms with Crippen molar-refractivity contribution in [3.05, 3.63) is 59.9 Å². The van der Waals surface area contributed by atoms with Crippen LogP contribution in [-0.2, 0) is 0 Å². The van der Waals surface area contributed by atoms with Crippen molar-refractivity contribution in [1.82, 2.24) is 15.0 Å².